The Labute approximate surface area is 97.3 Å². The second-order valence-electron chi connectivity index (χ2n) is 4.42. The van der Waals surface area contributed by atoms with E-state index >= 15 is 0 Å². The molecule has 0 bridgehead atoms. The molecule has 0 amide bonds. The monoisotopic (exact) mass is 224 g/mol. The maximum Gasteiger partial charge on any atom is 0.123 e. The smallest absolute Gasteiger partial charge is 0.123 e. The number of halogens is 1. The molecule has 0 aliphatic rings. The van der Waals surface area contributed by atoms with Crippen molar-refractivity contribution in [3.8, 4) is 0 Å². The summed E-state index contributed by atoms with van der Waals surface area (Å²) in [6.07, 6.45) is 0. The van der Waals surface area contributed by atoms with E-state index in [1.165, 1.54) is 6.07 Å². The zero-order chi connectivity index (χ0) is 12.1. The highest BCUT2D eigenvalue weighted by Crippen LogP contribution is 2.14. The van der Waals surface area contributed by atoms with Crippen molar-refractivity contribution in [1.29, 1.82) is 0 Å². The van der Waals surface area contributed by atoms with Gasteiger partial charge in [-0.2, -0.15) is 0 Å². The summed E-state index contributed by atoms with van der Waals surface area (Å²) in [5.74, 6) is -0.169. The predicted octanol–water partition coefficient (Wildman–Crippen LogP) is 2.30. The van der Waals surface area contributed by atoms with E-state index in [4.69, 9.17) is 5.73 Å². The van der Waals surface area contributed by atoms with Crippen molar-refractivity contribution < 1.29 is 4.39 Å². The average molecular weight is 224 g/mol. The molecular weight excluding hydrogens is 203 g/mol. The first kappa shape index (κ1) is 13.1. The van der Waals surface area contributed by atoms with E-state index in [0.717, 1.165) is 24.2 Å². The molecule has 2 N–H and O–H groups in total. The first-order chi connectivity index (χ1) is 7.54. The molecule has 0 aliphatic heterocycles. The molecule has 16 heavy (non-hydrogen) atoms. The van der Waals surface area contributed by atoms with E-state index in [2.05, 4.69) is 18.7 Å². The lowest BCUT2D eigenvalue weighted by molar-refractivity contribution is 0.218. The molecule has 0 saturated carbocycles. The van der Waals surface area contributed by atoms with E-state index < -0.39 is 0 Å². The van der Waals surface area contributed by atoms with E-state index in [1.807, 2.05) is 13.0 Å². The maximum absolute atomic E-state index is 13.1. The van der Waals surface area contributed by atoms with Crippen LogP contribution in [0.2, 0.25) is 0 Å². The zero-order valence-corrected chi connectivity index (χ0v) is 10.3. The third kappa shape index (κ3) is 3.58. The zero-order valence-electron chi connectivity index (χ0n) is 10.3. The van der Waals surface area contributed by atoms with Gasteiger partial charge in [0.2, 0.25) is 0 Å². The molecule has 0 saturated heterocycles. The molecule has 0 unspecified atom stereocenters. The van der Waals surface area contributed by atoms with Crippen molar-refractivity contribution in [1.82, 2.24) is 4.90 Å². The first-order valence-corrected chi connectivity index (χ1v) is 5.73. The van der Waals surface area contributed by atoms with Crippen molar-refractivity contribution in [2.24, 2.45) is 5.73 Å². The Balaban J connectivity index is 2.80. The molecule has 90 valence electrons. The highest BCUT2D eigenvalue weighted by molar-refractivity contribution is 5.26. The fraction of sp³-hybridized carbons (Fsp3) is 0.538. The van der Waals surface area contributed by atoms with Gasteiger partial charge in [0.1, 0.15) is 5.82 Å². The molecule has 1 aromatic rings. The summed E-state index contributed by atoms with van der Waals surface area (Å²) in [7, 11) is 0. The van der Waals surface area contributed by atoms with Crippen LogP contribution in [0.5, 0.6) is 0 Å². The van der Waals surface area contributed by atoms with E-state index in [0.29, 0.717) is 12.6 Å². The minimum atomic E-state index is -0.169. The Kier molecular flexibility index (Phi) is 4.90. The summed E-state index contributed by atoms with van der Waals surface area (Å²) in [5, 5.41) is 0. The van der Waals surface area contributed by atoms with Gasteiger partial charge in [-0.15, -0.1) is 0 Å². The SMILES string of the molecule is Cc1ccc(F)cc1CN(CCN)C(C)C. The van der Waals surface area contributed by atoms with Gasteiger partial charge in [-0.25, -0.2) is 4.39 Å². The third-order valence-corrected chi connectivity index (χ3v) is 2.83. The fourth-order valence-corrected chi connectivity index (χ4v) is 1.71. The van der Waals surface area contributed by atoms with Crippen LogP contribution in [0.25, 0.3) is 0 Å². The van der Waals surface area contributed by atoms with Gasteiger partial charge >= 0.3 is 0 Å². The fourth-order valence-electron chi connectivity index (χ4n) is 1.71. The van der Waals surface area contributed by atoms with Crippen molar-refractivity contribution in [2.75, 3.05) is 13.1 Å². The average Bonchev–Trinajstić information content (AvgIpc) is 2.22. The Morgan fingerprint density at radius 3 is 2.62 bits per heavy atom. The molecule has 0 heterocycles. The van der Waals surface area contributed by atoms with Gasteiger partial charge in [-0.1, -0.05) is 6.07 Å². The van der Waals surface area contributed by atoms with Gasteiger partial charge in [-0.3, -0.25) is 4.90 Å². The van der Waals surface area contributed by atoms with E-state index in [-0.39, 0.29) is 5.82 Å². The maximum atomic E-state index is 13.1. The van der Waals surface area contributed by atoms with Crippen LogP contribution in [0, 0.1) is 12.7 Å². The molecule has 2 nitrogen and oxygen atoms in total. The normalized spacial score (nSPS) is 11.4. The summed E-state index contributed by atoms with van der Waals surface area (Å²) < 4.78 is 13.1. The highest BCUT2D eigenvalue weighted by Gasteiger charge is 2.10. The lowest BCUT2D eigenvalue weighted by atomic mass is 10.1. The minimum Gasteiger partial charge on any atom is -0.329 e. The molecule has 0 atom stereocenters. The Bertz CT molecular complexity index is 337. The van der Waals surface area contributed by atoms with Crippen molar-refractivity contribution in [3.05, 3.63) is 35.1 Å². The number of rotatable bonds is 5. The second kappa shape index (κ2) is 5.97. The van der Waals surface area contributed by atoms with Gasteiger partial charge in [0, 0.05) is 25.7 Å². The quantitative estimate of drug-likeness (QED) is 0.831. The van der Waals surface area contributed by atoms with Crippen LogP contribution in [0.1, 0.15) is 25.0 Å². The molecule has 0 aliphatic carbocycles. The minimum absolute atomic E-state index is 0.169. The van der Waals surface area contributed by atoms with Gasteiger partial charge < -0.3 is 5.73 Å². The topological polar surface area (TPSA) is 29.3 Å². The molecule has 0 fully saturated rings. The Morgan fingerprint density at radius 1 is 1.38 bits per heavy atom. The lowest BCUT2D eigenvalue weighted by Gasteiger charge is -2.26. The molecule has 3 heteroatoms. The molecule has 1 aromatic carbocycles. The lowest BCUT2D eigenvalue weighted by Crippen LogP contribution is -2.35. The number of hydrogen-bond acceptors (Lipinski definition) is 2. The van der Waals surface area contributed by atoms with Crippen LogP contribution >= 0.6 is 0 Å². The Morgan fingerprint density at radius 2 is 2.06 bits per heavy atom. The predicted molar refractivity (Wildman–Crippen MR) is 65.7 cm³/mol. The molecular formula is C13H21FN2. The first-order valence-electron chi connectivity index (χ1n) is 5.73. The largest absolute Gasteiger partial charge is 0.329 e. The van der Waals surface area contributed by atoms with Gasteiger partial charge in [-0.05, 0) is 44.0 Å². The number of hydrogen-bond donors (Lipinski definition) is 1. The molecule has 0 spiro atoms. The Hall–Kier alpha value is -0.930. The molecule has 0 radical (unpaired) electrons. The van der Waals surface area contributed by atoms with Gasteiger partial charge in [0.05, 0.1) is 0 Å². The summed E-state index contributed by atoms with van der Waals surface area (Å²) in [6, 6.07) is 5.36. The number of aryl methyl sites for hydroxylation is 1. The summed E-state index contributed by atoms with van der Waals surface area (Å²) in [5.41, 5.74) is 7.75. The summed E-state index contributed by atoms with van der Waals surface area (Å²) in [4.78, 5) is 2.25. The van der Waals surface area contributed by atoms with Crippen molar-refractivity contribution in [3.63, 3.8) is 0 Å². The van der Waals surface area contributed by atoms with Crippen LogP contribution in [0.3, 0.4) is 0 Å². The summed E-state index contributed by atoms with van der Waals surface area (Å²) >= 11 is 0. The van der Waals surface area contributed by atoms with E-state index in [1.54, 1.807) is 6.07 Å². The van der Waals surface area contributed by atoms with E-state index in [9.17, 15) is 4.39 Å². The van der Waals surface area contributed by atoms with Crippen LogP contribution in [-0.4, -0.2) is 24.0 Å². The van der Waals surface area contributed by atoms with Crippen LogP contribution in [0.4, 0.5) is 4.39 Å². The van der Waals surface area contributed by atoms with Crippen molar-refractivity contribution >= 4 is 0 Å². The standard InChI is InChI=1S/C13H21FN2/c1-10(2)16(7-6-15)9-12-8-13(14)5-4-11(12)3/h4-5,8,10H,6-7,9,15H2,1-3H3. The number of benzene rings is 1. The molecule has 0 aromatic heterocycles. The van der Waals surface area contributed by atoms with Crippen LogP contribution in [-0.2, 0) is 6.54 Å². The second-order valence-corrected chi connectivity index (χ2v) is 4.42. The van der Waals surface area contributed by atoms with Crippen LogP contribution < -0.4 is 5.73 Å². The third-order valence-electron chi connectivity index (χ3n) is 2.83. The van der Waals surface area contributed by atoms with Gasteiger partial charge in [0.25, 0.3) is 0 Å². The van der Waals surface area contributed by atoms with Gasteiger partial charge in [0.15, 0.2) is 0 Å². The summed E-state index contributed by atoms with van der Waals surface area (Å²) in [6.45, 7) is 8.50. The number of nitrogens with two attached hydrogens (primary N) is 1. The van der Waals surface area contributed by atoms with Crippen molar-refractivity contribution in [2.45, 2.75) is 33.4 Å². The van der Waals surface area contributed by atoms with Crippen LogP contribution in [0.15, 0.2) is 18.2 Å². The number of nitrogens with zero attached hydrogens (tertiary/aromatic N) is 1. The highest BCUT2D eigenvalue weighted by atomic mass is 19.1. The molecule has 1 rings (SSSR count).